The van der Waals surface area contributed by atoms with Gasteiger partial charge >= 0.3 is 0 Å². The Labute approximate surface area is 177 Å². The summed E-state index contributed by atoms with van der Waals surface area (Å²) in [4.78, 5) is 32.6. The van der Waals surface area contributed by atoms with Crippen LogP contribution >= 0.6 is 11.3 Å². The molecule has 1 amide bonds. The number of rotatable bonds is 4. The Kier molecular flexibility index (Phi) is 4.94. The summed E-state index contributed by atoms with van der Waals surface area (Å²) in [7, 11) is 0. The minimum absolute atomic E-state index is 0.0299. The van der Waals surface area contributed by atoms with Gasteiger partial charge in [-0.2, -0.15) is 5.26 Å². The first kappa shape index (κ1) is 19.6. The summed E-state index contributed by atoms with van der Waals surface area (Å²) in [5, 5.41) is 20.5. The van der Waals surface area contributed by atoms with E-state index in [1.165, 1.54) is 16.2 Å². The van der Waals surface area contributed by atoms with Gasteiger partial charge in [0, 0.05) is 5.69 Å². The summed E-state index contributed by atoms with van der Waals surface area (Å²) in [5.41, 5.74) is 2.23. The van der Waals surface area contributed by atoms with Gasteiger partial charge < -0.3 is 5.11 Å². The molecule has 1 unspecified atom stereocenters. The topological polar surface area (TPSA) is 94.3 Å². The van der Waals surface area contributed by atoms with Crippen LogP contribution in [0.2, 0.25) is 0 Å². The lowest BCUT2D eigenvalue weighted by Gasteiger charge is -2.27. The second kappa shape index (κ2) is 7.58. The lowest BCUT2D eigenvalue weighted by molar-refractivity contribution is -0.117. The molecule has 1 atom stereocenters. The highest BCUT2D eigenvalue weighted by molar-refractivity contribution is 7.14. The van der Waals surface area contributed by atoms with Gasteiger partial charge in [0.15, 0.2) is 5.76 Å². The van der Waals surface area contributed by atoms with Gasteiger partial charge in [-0.3, -0.25) is 14.5 Å². The van der Waals surface area contributed by atoms with E-state index in [0.717, 1.165) is 5.01 Å². The Morgan fingerprint density at radius 2 is 1.80 bits per heavy atom. The molecule has 2 heterocycles. The van der Waals surface area contributed by atoms with Crippen LogP contribution in [0.4, 0.5) is 5.69 Å². The number of carbonyl (C=O) groups excluding carboxylic acids is 2. The van der Waals surface area contributed by atoms with E-state index in [9.17, 15) is 14.7 Å². The van der Waals surface area contributed by atoms with Gasteiger partial charge in [0.2, 0.25) is 5.78 Å². The first-order valence-corrected chi connectivity index (χ1v) is 10.0. The summed E-state index contributed by atoms with van der Waals surface area (Å²) in [6, 6.07) is 16.8. The molecule has 2 aromatic carbocycles. The van der Waals surface area contributed by atoms with E-state index in [-0.39, 0.29) is 5.57 Å². The maximum absolute atomic E-state index is 13.4. The molecule has 0 radical (unpaired) electrons. The van der Waals surface area contributed by atoms with E-state index in [4.69, 9.17) is 5.26 Å². The average Bonchev–Trinajstić information content (AvgIpc) is 3.24. The SMILES string of the molecule is Cc1nc(C)c(C(=O)C2=C(O)C(=O)N(c3ccc(C#N)cc3)C2c2ccccc2)s1. The average molecular weight is 415 g/mol. The lowest BCUT2D eigenvalue weighted by atomic mass is 9.95. The second-order valence-corrected chi connectivity index (χ2v) is 8.09. The Hall–Kier alpha value is -3.76. The quantitative estimate of drug-likeness (QED) is 0.637. The molecule has 1 aliphatic heterocycles. The summed E-state index contributed by atoms with van der Waals surface area (Å²) in [6.45, 7) is 3.54. The minimum atomic E-state index is -0.791. The number of Topliss-reactive ketones (excluding diaryl/α,β-unsaturated/α-hetero) is 1. The molecule has 148 valence electrons. The van der Waals surface area contributed by atoms with E-state index < -0.39 is 23.5 Å². The summed E-state index contributed by atoms with van der Waals surface area (Å²) in [6.07, 6.45) is 0. The van der Waals surface area contributed by atoms with Gasteiger partial charge in [0.05, 0.1) is 38.8 Å². The molecule has 6 nitrogen and oxygen atoms in total. The number of benzene rings is 2. The number of carbonyl (C=O) groups is 2. The van der Waals surface area contributed by atoms with E-state index >= 15 is 0 Å². The monoisotopic (exact) mass is 415 g/mol. The predicted octanol–water partition coefficient (Wildman–Crippen LogP) is 4.41. The molecule has 0 fully saturated rings. The van der Waals surface area contributed by atoms with Crippen LogP contribution in [0.25, 0.3) is 0 Å². The summed E-state index contributed by atoms with van der Waals surface area (Å²) >= 11 is 1.24. The standard InChI is InChI=1S/C23H17N3O3S/c1-13-22(30-14(2)25-13)20(27)18-19(16-6-4-3-5-7-16)26(23(29)21(18)28)17-10-8-15(12-24)9-11-17/h3-11,19,28H,1-2H3. The summed E-state index contributed by atoms with van der Waals surface area (Å²) in [5.74, 6) is -1.63. The van der Waals surface area contributed by atoms with Crippen molar-refractivity contribution in [2.24, 2.45) is 0 Å². The fraction of sp³-hybridized carbons (Fsp3) is 0.130. The van der Waals surface area contributed by atoms with Gasteiger partial charge in [-0.05, 0) is 43.7 Å². The molecule has 1 aliphatic rings. The van der Waals surface area contributed by atoms with Crippen LogP contribution < -0.4 is 4.90 Å². The highest BCUT2D eigenvalue weighted by Crippen LogP contribution is 2.42. The largest absolute Gasteiger partial charge is 0.503 e. The number of aliphatic hydroxyl groups excluding tert-OH is 1. The third-order valence-electron chi connectivity index (χ3n) is 4.95. The van der Waals surface area contributed by atoms with Crippen molar-refractivity contribution >= 4 is 28.7 Å². The van der Waals surface area contributed by atoms with Crippen molar-refractivity contribution in [1.82, 2.24) is 4.98 Å². The van der Waals surface area contributed by atoms with Gasteiger partial charge in [-0.1, -0.05) is 30.3 Å². The number of nitriles is 1. The molecule has 30 heavy (non-hydrogen) atoms. The van der Waals surface area contributed by atoms with Gasteiger partial charge in [-0.15, -0.1) is 11.3 Å². The molecule has 3 aromatic rings. The van der Waals surface area contributed by atoms with Crippen LogP contribution in [0.1, 0.15) is 37.5 Å². The zero-order valence-electron chi connectivity index (χ0n) is 16.3. The van der Waals surface area contributed by atoms with Crippen molar-refractivity contribution < 1.29 is 14.7 Å². The van der Waals surface area contributed by atoms with E-state index in [0.29, 0.717) is 27.4 Å². The highest BCUT2D eigenvalue weighted by Gasteiger charge is 2.45. The highest BCUT2D eigenvalue weighted by atomic mass is 32.1. The lowest BCUT2D eigenvalue weighted by Crippen LogP contribution is -2.31. The van der Waals surface area contributed by atoms with Crippen LogP contribution in [-0.4, -0.2) is 21.8 Å². The molecule has 0 spiro atoms. The molecule has 4 rings (SSSR count). The zero-order chi connectivity index (χ0) is 21.4. The normalized spacial score (nSPS) is 16.1. The smallest absolute Gasteiger partial charge is 0.294 e. The first-order valence-electron chi connectivity index (χ1n) is 9.23. The van der Waals surface area contributed by atoms with Crippen molar-refractivity contribution in [2.75, 3.05) is 4.90 Å². The van der Waals surface area contributed by atoms with Crippen molar-refractivity contribution in [2.45, 2.75) is 19.9 Å². The molecule has 1 aromatic heterocycles. The van der Waals surface area contributed by atoms with Gasteiger partial charge in [-0.25, -0.2) is 4.98 Å². The molecule has 7 heteroatoms. The number of ketones is 1. The zero-order valence-corrected chi connectivity index (χ0v) is 17.1. The molecule has 0 bridgehead atoms. The summed E-state index contributed by atoms with van der Waals surface area (Å²) < 4.78 is 0. The van der Waals surface area contributed by atoms with Crippen molar-refractivity contribution in [1.29, 1.82) is 5.26 Å². The third-order valence-corrected chi connectivity index (χ3v) is 6.02. The number of nitrogens with zero attached hydrogens (tertiary/aromatic N) is 3. The minimum Gasteiger partial charge on any atom is -0.503 e. The number of aliphatic hydroxyl groups is 1. The fourth-order valence-electron chi connectivity index (χ4n) is 3.62. The number of aromatic nitrogens is 1. The maximum Gasteiger partial charge on any atom is 0.294 e. The van der Waals surface area contributed by atoms with Crippen LogP contribution in [0.5, 0.6) is 0 Å². The second-order valence-electron chi connectivity index (χ2n) is 6.89. The van der Waals surface area contributed by atoms with Gasteiger partial charge in [0.1, 0.15) is 0 Å². The molecule has 0 saturated carbocycles. The number of amides is 1. The third kappa shape index (κ3) is 3.17. The molecule has 0 saturated heterocycles. The number of hydrogen-bond donors (Lipinski definition) is 1. The number of hydrogen-bond acceptors (Lipinski definition) is 6. The first-order chi connectivity index (χ1) is 14.4. The Morgan fingerprint density at radius 1 is 1.13 bits per heavy atom. The van der Waals surface area contributed by atoms with Crippen LogP contribution in [0, 0.1) is 25.2 Å². The van der Waals surface area contributed by atoms with Gasteiger partial charge in [0.25, 0.3) is 5.91 Å². The van der Waals surface area contributed by atoms with Crippen molar-refractivity contribution in [3.63, 3.8) is 0 Å². The molecule has 1 N–H and O–H groups in total. The van der Waals surface area contributed by atoms with E-state index in [2.05, 4.69) is 4.98 Å². The fourth-order valence-corrected chi connectivity index (χ4v) is 4.49. The van der Waals surface area contributed by atoms with Crippen LogP contribution in [0.15, 0.2) is 65.9 Å². The number of thiazole rings is 1. The number of anilines is 1. The van der Waals surface area contributed by atoms with Crippen molar-refractivity contribution in [3.8, 4) is 6.07 Å². The molecule has 0 aliphatic carbocycles. The molecular formula is C23H17N3O3S. The molecular weight excluding hydrogens is 398 g/mol. The predicted molar refractivity (Wildman–Crippen MR) is 113 cm³/mol. The Balaban J connectivity index is 1.87. The Morgan fingerprint density at radius 3 is 2.37 bits per heavy atom. The van der Waals surface area contributed by atoms with Crippen molar-refractivity contribution in [3.05, 3.63) is 92.6 Å². The van der Waals surface area contributed by atoms with Crippen LogP contribution in [-0.2, 0) is 4.79 Å². The van der Waals surface area contributed by atoms with Crippen LogP contribution in [0.3, 0.4) is 0 Å². The van der Waals surface area contributed by atoms with E-state index in [1.54, 1.807) is 38.1 Å². The Bertz CT molecular complexity index is 1220. The van der Waals surface area contributed by atoms with E-state index in [1.807, 2.05) is 36.4 Å². The maximum atomic E-state index is 13.4. The number of aryl methyl sites for hydroxylation is 2.